The standard InChI is InChI=1S/C29H38N4S/c1-7-8-14-25-31-26-24(33(25)18-21-12-10-9-11-13-21)17-23(22-15-16-34-19-22)30-27(26)32-29(5,6)20-28(2,3)4/h9-13,15-17,19H,7-8,14,18,20H2,1-6H3,(H,30,32). The molecule has 0 saturated carbocycles. The lowest BCUT2D eigenvalue weighted by Crippen LogP contribution is -2.35. The molecule has 0 spiro atoms. The zero-order valence-corrected chi connectivity index (χ0v) is 22.3. The maximum atomic E-state index is 5.19. The van der Waals surface area contributed by atoms with Crippen molar-refractivity contribution < 1.29 is 0 Å². The summed E-state index contributed by atoms with van der Waals surface area (Å²) >= 11 is 1.71. The molecule has 0 unspecified atom stereocenters. The molecule has 0 radical (unpaired) electrons. The molecule has 4 aromatic rings. The number of imidazole rings is 1. The normalized spacial score (nSPS) is 12.4. The molecule has 0 fully saturated rings. The Morgan fingerprint density at radius 2 is 1.76 bits per heavy atom. The van der Waals surface area contributed by atoms with Gasteiger partial charge in [-0.05, 0) is 55.2 Å². The third-order valence-corrected chi connectivity index (χ3v) is 6.68. The molecule has 4 nitrogen and oxygen atoms in total. The van der Waals surface area contributed by atoms with Gasteiger partial charge in [-0.15, -0.1) is 0 Å². The van der Waals surface area contributed by atoms with Crippen LogP contribution in [0.2, 0.25) is 0 Å². The number of benzene rings is 1. The average molecular weight is 475 g/mol. The van der Waals surface area contributed by atoms with E-state index in [0.29, 0.717) is 0 Å². The van der Waals surface area contributed by atoms with Crippen molar-refractivity contribution in [1.29, 1.82) is 0 Å². The van der Waals surface area contributed by atoms with Gasteiger partial charge in [0.1, 0.15) is 11.3 Å². The third kappa shape index (κ3) is 5.87. The van der Waals surface area contributed by atoms with Gasteiger partial charge >= 0.3 is 0 Å². The molecule has 1 N–H and O–H groups in total. The zero-order valence-electron chi connectivity index (χ0n) is 21.5. The Morgan fingerprint density at radius 3 is 2.41 bits per heavy atom. The van der Waals surface area contributed by atoms with E-state index in [4.69, 9.17) is 9.97 Å². The second-order valence-corrected chi connectivity index (χ2v) is 12.0. The van der Waals surface area contributed by atoms with Crippen molar-refractivity contribution in [1.82, 2.24) is 14.5 Å². The third-order valence-electron chi connectivity index (χ3n) is 6.00. The van der Waals surface area contributed by atoms with E-state index in [2.05, 4.69) is 105 Å². The average Bonchev–Trinajstić information content (AvgIpc) is 3.40. The van der Waals surface area contributed by atoms with Crippen molar-refractivity contribution in [2.75, 3.05) is 5.32 Å². The lowest BCUT2D eigenvalue weighted by atomic mass is 9.82. The second-order valence-electron chi connectivity index (χ2n) is 11.2. The van der Waals surface area contributed by atoms with Gasteiger partial charge in [0.2, 0.25) is 0 Å². The molecule has 0 bridgehead atoms. The van der Waals surface area contributed by atoms with Gasteiger partial charge < -0.3 is 9.88 Å². The minimum atomic E-state index is -0.113. The quantitative estimate of drug-likeness (QED) is 0.266. The summed E-state index contributed by atoms with van der Waals surface area (Å²) in [6.45, 7) is 14.5. The molecule has 3 heterocycles. The van der Waals surface area contributed by atoms with Gasteiger partial charge in [0.25, 0.3) is 0 Å². The van der Waals surface area contributed by atoms with Gasteiger partial charge in [-0.1, -0.05) is 64.4 Å². The molecule has 0 atom stereocenters. The van der Waals surface area contributed by atoms with Crippen molar-refractivity contribution in [3.8, 4) is 11.3 Å². The van der Waals surface area contributed by atoms with Crippen LogP contribution in [0, 0.1) is 5.41 Å². The number of aromatic nitrogens is 3. The Hall–Kier alpha value is -2.66. The van der Waals surface area contributed by atoms with Crippen molar-refractivity contribution in [2.24, 2.45) is 5.41 Å². The fraction of sp³-hybridized carbons (Fsp3) is 0.448. The predicted molar refractivity (Wildman–Crippen MR) is 147 cm³/mol. The summed E-state index contributed by atoms with van der Waals surface area (Å²) in [7, 11) is 0. The highest BCUT2D eigenvalue weighted by Gasteiger charge is 2.28. The predicted octanol–water partition coefficient (Wildman–Crippen LogP) is 8.18. The zero-order chi connectivity index (χ0) is 24.3. The fourth-order valence-electron chi connectivity index (χ4n) is 4.97. The number of hydrogen-bond donors (Lipinski definition) is 1. The van der Waals surface area contributed by atoms with Crippen LogP contribution in [0.3, 0.4) is 0 Å². The number of nitrogens with zero attached hydrogens (tertiary/aromatic N) is 3. The van der Waals surface area contributed by atoms with Crippen LogP contribution in [0.15, 0.2) is 53.2 Å². The summed E-state index contributed by atoms with van der Waals surface area (Å²) in [4.78, 5) is 10.3. The van der Waals surface area contributed by atoms with E-state index in [9.17, 15) is 0 Å². The summed E-state index contributed by atoms with van der Waals surface area (Å²) < 4.78 is 2.40. The van der Waals surface area contributed by atoms with Crippen LogP contribution < -0.4 is 5.32 Å². The van der Waals surface area contributed by atoms with Crippen LogP contribution >= 0.6 is 11.3 Å². The molecule has 5 heteroatoms. The summed E-state index contributed by atoms with van der Waals surface area (Å²) in [6.07, 6.45) is 4.27. The van der Waals surface area contributed by atoms with Crippen molar-refractivity contribution in [3.63, 3.8) is 0 Å². The number of unbranched alkanes of at least 4 members (excludes halogenated alkanes) is 1. The summed E-state index contributed by atoms with van der Waals surface area (Å²) in [5, 5.41) is 8.09. The Morgan fingerprint density at radius 1 is 1.00 bits per heavy atom. The van der Waals surface area contributed by atoms with E-state index in [1.54, 1.807) is 11.3 Å². The topological polar surface area (TPSA) is 42.7 Å². The van der Waals surface area contributed by atoms with Crippen LogP contribution in [0.4, 0.5) is 5.82 Å². The minimum Gasteiger partial charge on any atom is -0.363 e. The van der Waals surface area contributed by atoms with E-state index in [0.717, 1.165) is 66.2 Å². The maximum Gasteiger partial charge on any atom is 0.155 e. The molecule has 34 heavy (non-hydrogen) atoms. The fourth-order valence-corrected chi connectivity index (χ4v) is 5.62. The number of nitrogens with one attached hydrogen (secondary N) is 1. The maximum absolute atomic E-state index is 5.19. The molecule has 0 aliphatic heterocycles. The van der Waals surface area contributed by atoms with Gasteiger partial charge in [-0.25, -0.2) is 9.97 Å². The summed E-state index contributed by atoms with van der Waals surface area (Å²) in [5.41, 5.74) is 5.67. The molecule has 3 aromatic heterocycles. The number of fused-ring (bicyclic) bond motifs is 1. The van der Waals surface area contributed by atoms with Crippen molar-refractivity contribution >= 4 is 28.2 Å². The largest absolute Gasteiger partial charge is 0.363 e. The van der Waals surface area contributed by atoms with Gasteiger partial charge in [0, 0.05) is 29.4 Å². The van der Waals surface area contributed by atoms with Gasteiger partial charge in [0.05, 0.1) is 11.2 Å². The highest BCUT2D eigenvalue weighted by molar-refractivity contribution is 7.08. The number of hydrogen-bond acceptors (Lipinski definition) is 4. The van der Waals surface area contributed by atoms with Gasteiger partial charge in [0.15, 0.2) is 5.82 Å². The molecule has 0 amide bonds. The molecule has 0 saturated heterocycles. The van der Waals surface area contributed by atoms with Crippen LogP contribution in [-0.2, 0) is 13.0 Å². The van der Waals surface area contributed by atoms with Crippen LogP contribution in [0.1, 0.15) is 72.2 Å². The van der Waals surface area contributed by atoms with E-state index >= 15 is 0 Å². The Kier molecular flexibility index (Phi) is 7.13. The number of pyridine rings is 1. The Bertz CT molecular complexity index is 1210. The first-order chi connectivity index (χ1) is 16.1. The first kappa shape index (κ1) is 24.5. The summed E-state index contributed by atoms with van der Waals surface area (Å²) in [5.74, 6) is 2.03. The Labute approximate surface area is 208 Å². The molecule has 4 rings (SSSR count). The number of aryl methyl sites for hydroxylation is 1. The van der Waals surface area contributed by atoms with Crippen LogP contribution in [0.5, 0.6) is 0 Å². The van der Waals surface area contributed by atoms with Gasteiger partial charge in [-0.2, -0.15) is 11.3 Å². The molecule has 180 valence electrons. The monoisotopic (exact) mass is 474 g/mol. The Balaban J connectivity index is 1.88. The summed E-state index contributed by atoms with van der Waals surface area (Å²) in [6, 6.07) is 15.1. The van der Waals surface area contributed by atoms with Crippen molar-refractivity contribution in [2.45, 2.75) is 79.3 Å². The highest BCUT2D eigenvalue weighted by Crippen LogP contribution is 2.34. The number of thiophene rings is 1. The molecule has 0 aliphatic rings. The van der Waals surface area contributed by atoms with E-state index in [1.165, 1.54) is 5.56 Å². The lowest BCUT2D eigenvalue weighted by molar-refractivity contribution is 0.302. The van der Waals surface area contributed by atoms with E-state index < -0.39 is 0 Å². The molecule has 0 aliphatic carbocycles. The lowest BCUT2D eigenvalue weighted by Gasteiger charge is -2.34. The number of rotatable bonds is 9. The first-order valence-corrected chi connectivity index (χ1v) is 13.3. The van der Waals surface area contributed by atoms with Crippen LogP contribution in [-0.4, -0.2) is 20.1 Å². The number of anilines is 1. The van der Waals surface area contributed by atoms with E-state index in [-0.39, 0.29) is 11.0 Å². The minimum absolute atomic E-state index is 0.113. The second kappa shape index (κ2) is 9.91. The molecular formula is C29H38N4S. The molecular weight excluding hydrogens is 436 g/mol. The van der Waals surface area contributed by atoms with Gasteiger partial charge in [-0.3, -0.25) is 0 Å². The van der Waals surface area contributed by atoms with E-state index in [1.807, 2.05) is 0 Å². The smallest absolute Gasteiger partial charge is 0.155 e. The van der Waals surface area contributed by atoms with Crippen LogP contribution in [0.25, 0.3) is 22.3 Å². The van der Waals surface area contributed by atoms with Crippen molar-refractivity contribution in [3.05, 3.63) is 64.6 Å². The molecule has 1 aromatic carbocycles. The first-order valence-electron chi connectivity index (χ1n) is 12.4. The SMILES string of the molecule is CCCCc1nc2c(NC(C)(C)CC(C)(C)C)nc(-c3ccsc3)cc2n1Cc1ccccc1. The highest BCUT2D eigenvalue weighted by atomic mass is 32.1.